The van der Waals surface area contributed by atoms with E-state index in [-0.39, 0.29) is 11.6 Å². The molecule has 1 aliphatic rings. The molecule has 1 amide bonds. The number of piperazine rings is 1. The molecule has 0 unspecified atom stereocenters. The average Bonchev–Trinajstić information content (AvgIpc) is 2.47. The second-order valence-electron chi connectivity index (χ2n) is 5.34. The molecule has 114 valence electrons. The van der Waals surface area contributed by atoms with Crippen molar-refractivity contribution in [3.8, 4) is 0 Å². The zero-order valence-electron chi connectivity index (χ0n) is 12.1. The van der Waals surface area contributed by atoms with E-state index in [0.717, 1.165) is 13.1 Å². The van der Waals surface area contributed by atoms with Gasteiger partial charge in [0.1, 0.15) is 0 Å². The number of hydrogen-bond acceptors (Lipinski definition) is 4. The number of amides is 1. The van der Waals surface area contributed by atoms with Gasteiger partial charge in [0.25, 0.3) is 11.6 Å². The molecule has 6 nitrogen and oxygen atoms in total. The van der Waals surface area contributed by atoms with E-state index < -0.39 is 4.92 Å². The van der Waals surface area contributed by atoms with Crippen LogP contribution in [0.15, 0.2) is 22.7 Å². The molecule has 1 heterocycles. The Kier molecular flexibility index (Phi) is 4.95. The lowest BCUT2D eigenvalue weighted by molar-refractivity contribution is -0.384. The highest BCUT2D eigenvalue weighted by Crippen LogP contribution is 2.24. The summed E-state index contributed by atoms with van der Waals surface area (Å²) in [5.74, 6) is -0.158. The first-order valence-electron chi connectivity index (χ1n) is 6.87. The fourth-order valence-corrected chi connectivity index (χ4v) is 2.82. The fourth-order valence-electron chi connectivity index (χ4n) is 2.40. The number of carbonyl (C=O) groups excluding carboxylic acids is 1. The van der Waals surface area contributed by atoms with Crippen molar-refractivity contribution in [3.63, 3.8) is 0 Å². The van der Waals surface area contributed by atoms with Crippen LogP contribution in [-0.2, 0) is 0 Å². The monoisotopic (exact) mass is 355 g/mol. The Bertz CT molecular complexity index is 554. The minimum absolute atomic E-state index is 0.0673. The molecule has 0 N–H and O–H groups in total. The Labute approximate surface area is 132 Å². The minimum Gasteiger partial charge on any atom is -0.336 e. The lowest BCUT2D eigenvalue weighted by atomic mass is 10.1. The van der Waals surface area contributed by atoms with Gasteiger partial charge in [0.15, 0.2) is 0 Å². The standard InChI is InChI=1S/C14H18BrN3O3/c1-10(2)16-5-7-17(8-6-16)14(19)12-9-11(18(20)21)3-4-13(12)15/h3-4,9-10H,5-8H2,1-2H3. The largest absolute Gasteiger partial charge is 0.336 e. The van der Waals surface area contributed by atoms with Gasteiger partial charge in [0, 0.05) is 48.8 Å². The van der Waals surface area contributed by atoms with Gasteiger partial charge >= 0.3 is 0 Å². The predicted octanol–water partition coefficient (Wildman–Crippen LogP) is 2.52. The van der Waals surface area contributed by atoms with Crippen molar-refractivity contribution in [3.05, 3.63) is 38.3 Å². The van der Waals surface area contributed by atoms with Crippen molar-refractivity contribution in [1.82, 2.24) is 9.80 Å². The van der Waals surface area contributed by atoms with Gasteiger partial charge in [0.2, 0.25) is 0 Å². The lowest BCUT2D eigenvalue weighted by Crippen LogP contribution is -2.50. The zero-order valence-corrected chi connectivity index (χ0v) is 13.7. The second-order valence-corrected chi connectivity index (χ2v) is 6.20. The molecule has 1 aliphatic heterocycles. The quantitative estimate of drug-likeness (QED) is 0.617. The first-order chi connectivity index (χ1) is 9.90. The topological polar surface area (TPSA) is 66.7 Å². The van der Waals surface area contributed by atoms with Gasteiger partial charge < -0.3 is 4.90 Å². The normalized spacial score (nSPS) is 16.3. The van der Waals surface area contributed by atoms with Gasteiger partial charge in [-0.15, -0.1) is 0 Å². The predicted molar refractivity (Wildman–Crippen MR) is 83.4 cm³/mol. The summed E-state index contributed by atoms with van der Waals surface area (Å²) < 4.78 is 0.587. The molecule has 2 rings (SSSR count). The highest BCUT2D eigenvalue weighted by Gasteiger charge is 2.25. The van der Waals surface area contributed by atoms with E-state index in [1.807, 2.05) is 0 Å². The second kappa shape index (κ2) is 6.53. The average molecular weight is 356 g/mol. The maximum Gasteiger partial charge on any atom is 0.270 e. The maximum atomic E-state index is 12.5. The van der Waals surface area contributed by atoms with Crippen LogP contribution < -0.4 is 0 Å². The van der Waals surface area contributed by atoms with Gasteiger partial charge in [-0.3, -0.25) is 19.8 Å². The molecule has 0 atom stereocenters. The highest BCUT2D eigenvalue weighted by molar-refractivity contribution is 9.10. The Morgan fingerprint density at radius 2 is 1.90 bits per heavy atom. The molecule has 1 aromatic rings. The minimum atomic E-state index is -0.486. The van der Waals surface area contributed by atoms with Crippen LogP contribution in [0.5, 0.6) is 0 Å². The van der Waals surface area contributed by atoms with E-state index in [4.69, 9.17) is 0 Å². The lowest BCUT2D eigenvalue weighted by Gasteiger charge is -2.37. The van der Waals surface area contributed by atoms with Gasteiger partial charge in [-0.05, 0) is 35.8 Å². The van der Waals surface area contributed by atoms with Crippen molar-refractivity contribution in [2.24, 2.45) is 0 Å². The molecule has 0 radical (unpaired) electrons. The molecular formula is C14H18BrN3O3. The van der Waals surface area contributed by atoms with Crippen LogP contribution >= 0.6 is 15.9 Å². The van der Waals surface area contributed by atoms with Crippen molar-refractivity contribution >= 4 is 27.5 Å². The van der Waals surface area contributed by atoms with Crippen LogP contribution in [0.2, 0.25) is 0 Å². The van der Waals surface area contributed by atoms with Gasteiger partial charge in [0.05, 0.1) is 10.5 Å². The summed E-state index contributed by atoms with van der Waals surface area (Å²) in [5.41, 5.74) is 0.282. The number of non-ortho nitro benzene ring substituents is 1. The molecule has 0 spiro atoms. The molecule has 1 aromatic carbocycles. The van der Waals surface area contributed by atoms with Crippen molar-refractivity contribution in [2.45, 2.75) is 19.9 Å². The van der Waals surface area contributed by atoms with Gasteiger partial charge in [-0.25, -0.2) is 0 Å². The number of hydrogen-bond donors (Lipinski definition) is 0. The number of carbonyl (C=O) groups is 1. The third-order valence-corrected chi connectivity index (χ3v) is 4.41. The molecule has 0 bridgehead atoms. The smallest absolute Gasteiger partial charge is 0.270 e. The SMILES string of the molecule is CC(C)N1CCN(C(=O)c2cc([N+](=O)[O-])ccc2Br)CC1. The van der Waals surface area contributed by atoms with Crippen LogP contribution in [0.25, 0.3) is 0 Å². The van der Waals surface area contributed by atoms with E-state index in [9.17, 15) is 14.9 Å². The number of nitro benzene ring substituents is 1. The third kappa shape index (κ3) is 3.59. The summed E-state index contributed by atoms with van der Waals surface area (Å²) in [6, 6.07) is 4.74. The van der Waals surface area contributed by atoms with Crippen LogP contribution in [0.1, 0.15) is 24.2 Å². The van der Waals surface area contributed by atoms with E-state index in [0.29, 0.717) is 29.2 Å². The zero-order chi connectivity index (χ0) is 15.6. The van der Waals surface area contributed by atoms with Crippen molar-refractivity contribution in [2.75, 3.05) is 26.2 Å². The Morgan fingerprint density at radius 3 is 2.43 bits per heavy atom. The Morgan fingerprint density at radius 1 is 1.29 bits per heavy atom. The molecular weight excluding hydrogens is 338 g/mol. The molecule has 0 aliphatic carbocycles. The first-order valence-corrected chi connectivity index (χ1v) is 7.66. The number of nitrogens with zero attached hydrogens (tertiary/aromatic N) is 3. The Balaban J connectivity index is 2.14. The van der Waals surface area contributed by atoms with Gasteiger partial charge in [-0.1, -0.05) is 0 Å². The highest BCUT2D eigenvalue weighted by atomic mass is 79.9. The summed E-state index contributed by atoms with van der Waals surface area (Å²) in [4.78, 5) is 26.9. The summed E-state index contributed by atoms with van der Waals surface area (Å²) in [5, 5.41) is 10.8. The third-order valence-electron chi connectivity index (χ3n) is 3.72. The molecule has 0 saturated carbocycles. The van der Waals surface area contributed by atoms with Gasteiger partial charge in [-0.2, -0.15) is 0 Å². The number of benzene rings is 1. The van der Waals surface area contributed by atoms with E-state index in [1.165, 1.54) is 12.1 Å². The molecule has 7 heteroatoms. The number of halogens is 1. The van der Waals surface area contributed by atoms with Crippen LogP contribution in [-0.4, -0.2) is 52.9 Å². The van der Waals surface area contributed by atoms with Crippen LogP contribution in [0.3, 0.4) is 0 Å². The number of rotatable bonds is 3. The molecule has 21 heavy (non-hydrogen) atoms. The van der Waals surface area contributed by atoms with Crippen molar-refractivity contribution in [1.29, 1.82) is 0 Å². The summed E-state index contributed by atoms with van der Waals surface area (Å²) in [6.07, 6.45) is 0. The number of nitro groups is 1. The molecule has 1 fully saturated rings. The fraction of sp³-hybridized carbons (Fsp3) is 0.500. The van der Waals surface area contributed by atoms with E-state index >= 15 is 0 Å². The first kappa shape index (κ1) is 15.9. The summed E-state index contributed by atoms with van der Waals surface area (Å²) in [7, 11) is 0. The van der Waals surface area contributed by atoms with E-state index in [2.05, 4.69) is 34.7 Å². The van der Waals surface area contributed by atoms with E-state index in [1.54, 1.807) is 11.0 Å². The summed E-state index contributed by atoms with van der Waals surface area (Å²) in [6.45, 7) is 7.22. The molecule has 1 saturated heterocycles. The molecule has 0 aromatic heterocycles. The van der Waals surface area contributed by atoms with Crippen LogP contribution in [0.4, 0.5) is 5.69 Å². The Hall–Kier alpha value is -1.47. The van der Waals surface area contributed by atoms with Crippen LogP contribution in [0, 0.1) is 10.1 Å². The summed E-state index contributed by atoms with van der Waals surface area (Å²) >= 11 is 3.30. The van der Waals surface area contributed by atoms with Crippen molar-refractivity contribution < 1.29 is 9.72 Å². The maximum absolute atomic E-state index is 12.5.